The van der Waals surface area contributed by atoms with Gasteiger partial charge in [0.25, 0.3) is 5.91 Å². The van der Waals surface area contributed by atoms with E-state index in [2.05, 4.69) is 10.5 Å². The lowest BCUT2D eigenvalue weighted by atomic mass is 10.2. The van der Waals surface area contributed by atoms with Crippen LogP contribution >= 0.6 is 0 Å². The van der Waals surface area contributed by atoms with E-state index in [-0.39, 0.29) is 5.75 Å². The number of sulfonamides is 1. The van der Waals surface area contributed by atoms with E-state index >= 15 is 0 Å². The fourth-order valence-corrected chi connectivity index (χ4v) is 3.41. The molecule has 1 atom stereocenters. The molecular weight excluding hydrogens is 342 g/mol. The second kappa shape index (κ2) is 7.80. The molecule has 0 saturated carbocycles. The maximum atomic E-state index is 12.3. The fourth-order valence-electron chi connectivity index (χ4n) is 2.24. The lowest BCUT2D eigenvalue weighted by Crippen LogP contribution is -2.46. The average Bonchev–Trinajstić information content (AvgIpc) is 2.56. The third kappa shape index (κ3) is 4.80. The molecule has 2 aromatic carbocycles. The Hall–Kier alpha value is -2.87. The normalized spacial score (nSPS) is 12.7. The van der Waals surface area contributed by atoms with E-state index in [0.29, 0.717) is 11.3 Å². The first kappa shape index (κ1) is 18.5. The quantitative estimate of drug-likeness (QED) is 0.604. The van der Waals surface area contributed by atoms with Gasteiger partial charge in [0.05, 0.1) is 18.2 Å². The number of carbonyl (C=O) groups excluding carboxylic acids is 1. The second-order valence-corrected chi connectivity index (χ2v) is 7.22. The molecule has 25 heavy (non-hydrogen) atoms. The van der Waals surface area contributed by atoms with Crippen LogP contribution in [-0.2, 0) is 14.8 Å². The molecular formula is C17H19N3O4S. The molecule has 2 aromatic rings. The van der Waals surface area contributed by atoms with Crippen LogP contribution in [0.3, 0.4) is 0 Å². The molecule has 0 heterocycles. The van der Waals surface area contributed by atoms with Crippen molar-refractivity contribution in [2.75, 3.05) is 10.6 Å². The van der Waals surface area contributed by atoms with Crippen LogP contribution in [0.15, 0.2) is 59.7 Å². The van der Waals surface area contributed by atoms with E-state index in [9.17, 15) is 18.3 Å². The van der Waals surface area contributed by atoms with Gasteiger partial charge in [-0.3, -0.25) is 9.10 Å². The Labute approximate surface area is 146 Å². The zero-order valence-corrected chi connectivity index (χ0v) is 14.6. The van der Waals surface area contributed by atoms with Crippen molar-refractivity contribution < 1.29 is 18.3 Å². The summed E-state index contributed by atoms with van der Waals surface area (Å²) in [4.78, 5) is 12.3. The average molecular weight is 361 g/mol. The molecule has 0 aliphatic heterocycles. The molecule has 0 aliphatic carbocycles. The third-order valence-electron chi connectivity index (χ3n) is 3.41. The zero-order chi connectivity index (χ0) is 18.4. The van der Waals surface area contributed by atoms with E-state index in [0.717, 1.165) is 10.6 Å². The number of para-hydroxylation sites is 2. The largest absolute Gasteiger partial charge is 0.507 e. The molecule has 0 radical (unpaired) electrons. The Bertz CT molecular complexity index is 866. The molecule has 0 unspecified atom stereocenters. The number of amides is 1. The van der Waals surface area contributed by atoms with Gasteiger partial charge in [0, 0.05) is 5.56 Å². The van der Waals surface area contributed by atoms with Gasteiger partial charge in [-0.1, -0.05) is 30.3 Å². The molecule has 2 rings (SSSR count). The van der Waals surface area contributed by atoms with Gasteiger partial charge in [-0.15, -0.1) is 0 Å². The predicted molar refractivity (Wildman–Crippen MR) is 97.1 cm³/mol. The molecule has 2 N–H and O–H groups in total. The Balaban J connectivity index is 2.15. The fraction of sp³-hybridized carbons (Fsp3) is 0.176. The first-order valence-electron chi connectivity index (χ1n) is 7.46. The van der Waals surface area contributed by atoms with Gasteiger partial charge in [-0.25, -0.2) is 13.8 Å². The van der Waals surface area contributed by atoms with E-state index in [1.54, 1.807) is 48.5 Å². The van der Waals surface area contributed by atoms with Gasteiger partial charge in [0.2, 0.25) is 10.0 Å². The highest BCUT2D eigenvalue weighted by Gasteiger charge is 2.28. The SMILES string of the molecule is C[C@H](C(=O)N/N=C\c1ccccc1O)N(c1ccccc1)S(C)(=O)=O. The lowest BCUT2D eigenvalue weighted by molar-refractivity contribution is -0.121. The Morgan fingerprint density at radius 1 is 1.16 bits per heavy atom. The first-order valence-corrected chi connectivity index (χ1v) is 9.31. The summed E-state index contributed by atoms with van der Waals surface area (Å²) in [7, 11) is -3.67. The number of aromatic hydroxyl groups is 1. The summed E-state index contributed by atoms with van der Waals surface area (Å²) in [6, 6.07) is 13.8. The summed E-state index contributed by atoms with van der Waals surface area (Å²) >= 11 is 0. The summed E-state index contributed by atoms with van der Waals surface area (Å²) < 4.78 is 25.2. The number of nitrogens with zero attached hydrogens (tertiary/aromatic N) is 2. The second-order valence-electron chi connectivity index (χ2n) is 5.36. The molecule has 0 saturated heterocycles. The number of nitrogens with one attached hydrogen (secondary N) is 1. The number of carbonyl (C=O) groups is 1. The monoisotopic (exact) mass is 361 g/mol. The molecule has 132 valence electrons. The summed E-state index contributed by atoms with van der Waals surface area (Å²) in [6.07, 6.45) is 2.32. The van der Waals surface area contributed by atoms with Gasteiger partial charge >= 0.3 is 0 Å². The number of anilines is 1. The minimum Gasteiger partial charge on any atom is -0.507 e. The molecule has 1 amide bonds. The highest BCUT2D eigenvalue weighted by molar-refractivity contribution is 7.92. The van der Waals surface area contributed by atoms with Crippen molar-refractivity contribution in [1.82, 2.24) is 5.43 Å². The molecule has 7 nitrogen and oxygen atoms in total. The van der Waals surface area contributed by atoms with Crippen molar-refractivity contribution in [1.29, 1.82) is 0 Å². The van der Waals surface area contributed by atoms with Crippen molar-refractivity contribution in [3.8, 4) is 5.75 Å². The topological polar surface area (TPSA) is 99.1 Å². The van der Waals surface area contributed by atoms with Crippen molar-refractivity contribution in [2.24, 2.45) is 5.10 Å². The molecule has 0 spiro atoms. The number of phenols is 1. The molecule has 0 aromatic heterocycles. The van der Waals surface area contributed by atoms with Crippen LogP contribution in [0.4, 0.5) is 5.69 Å². The van der Waals surface area contributed by atoms with Gasteiger partial charge in [-0.05, 0) is 31.2 Å². The summed E-state index contributed by atoms with van der Waals surface area (Å²) in [5, 5.41) is 13.4. The van der Waals surface area contributed by atoms with Crippen LogP contribution in [0, 0.1) is 0 Å². The van der Waals surface area contributed by atoms with Crippen LogP contribution in [0.2, 0.25) is 0 Å². The van der Waals surface area contributed by atoms with E-state index in [1.807, 2.05) is 0 Å². The number of hydrazone groups is 1. The summed E-state index contributed by atoms with van der Waals surface area (Å²) in [5.74, 6) is -0.573. The highest BCUT2D eigenvalue weighted by Crippen LogP contribution is 2.20. The van der Waals surface area contributed by atoms with Crippen molar-refractivity contribution in [3.05, 3.63) is 60.2 Å². The van der Waals surface area contributed by atoms with Crippen molar-refractivity contribution >= 4 is 27.8 Å². The van der Waals surface area contributed by atoms with Crippen LogP contribution in [0.5, 0.6) is 5.75 Å². The maximum Gasteiger partial charge on any atom is 0.263 e. The third-order valence-corrected chi connectivity index (χ3v) is 4.66. The molecule has 8 heteroatoms. The van der Waals surface area contributed by atoms with Gasteiger partial charge in [0.1, 0.15) is 11.8 Å². The Kier molecular flexibility index (Phi) is 5.76. The van der Waals surface area contributed by atoms with Crippen LogP contribution in [0.25, 0.3) is 0 Å². The van der Waals surface area contributed by atoms with Gasteiger partial charge < -0.3 is 5.11 Å². The summed E-state index contributed by atoms with van der Waals surface area (Å²) in [6.45, 7) is 1.47. The highest BCUT2D eigenvalue weighted by atomic mass is 32.2. The van der Waals surface area contributed by atoms with E-state index in [1.165, 1.54) is 19.2 Å². The minimum absolute atomic E-state index is 0.0237. The van der Waals surface area contributed by atoms with Crippen LogP contribution < -0.4 is 9.73 Å². The lowest BCUT2D eigenvalue weighted by Gasteiger charge is -2.27. The Morgan fingerprint density at radius 2 is 1.76 bits per heavy atom. The number of phenolic OH excluding ortho intramolecular Hbond substituents is 1. The standard InChI is InChI=1S/C17H19N3O4S/c1-13(20(25(2,23)24)15-9-4-3-5-10-15)17(22)19-18-12-14-8-6-7-11-16(14)21/h3-13,21H,1-2H3,(H,19,22)/b18-12-/t13-/m1/s1. The maximum absolute atomic E-state index is 12.3. The van der Waals surface area contributed by atoms with Crippen molar-refractivity contribution in [3.63, 3.8) is 0 Å². The molecule has 0 aliphatic rings. The molecule has 0 fully saturated rings. The van der Waals surface area contributed by atoms with Gasteiger partial charge in [0.15, 0.2) is 0 Å². The minimum atomic E-state index is -3.67. The first-order chi connectivity index (χ1) is 11.8. The van der Waals surface area contributed by atoms with Gasteiger partial charge in [-0.2, -0.15) is 5.10 Å². The smallest absolute Gasteiger partial charge is 0.263 e. The Morgan fingerprint density at radius 3 is 2.36 bits per heavy atom. The van der Waals surface area contributed by atoms with E-state index < -0.39 is 22.0 Å². The number of benzene rings is 2. The number of rotatable bonds is 6. The predicted octanol–water partition coefficient (Wildman–Crippen LogP) is 1.70. The van der Waals surface area contributed by atoms with E-state index in [4.69, 9.17) is 0 Å². The number of hydrogen-bond acceptors (Lipinski definition) is 5. The van der Waals surface area contributed by atoms with Crippen LogP contribution in [-0.4, -0.2) is 37.9 Å². The van der Waals surface area contributed by atoms with Crippen molar-refractivity contribution in [2.45, 2.75) is 13.0 Å². The number of hydrogen-bond donors (Lipinski definition) is 2. The zero-order valence-electron chi connectivity index (χ0n) is 13.8. The summed E-state index contributed by atoms with van der Waals surface area (Å²) in [5.41, 5.74) is 3.11. The molecule has 0 bridgehead atoms. The van der Waals surface area contributed by atoms with Crippen LogP contribution in [0.1, 0.15) is 12.5 Å².